The Kier molecular flexibility index (Phi) is 6.36. The maximum absolute atomic E-state index is 14.1. The molecule has 10 nitrogen and oxygen atoms in total. The number of hydrogen-bond donors (Lipinski definition) is 1. The molecule has 0 unspecified atom stereocenters. The summed E-state index contributed by atoms with van der Waals surface area (Å²) in [5, 5.41) is 6.85. The van der Waals surface area contributed by atoms with E-state index in [2.05, 4.69) is 10.4 Å². The number of aromatic nitrogens is 4. The number of nitrogens with two attached hydrogens (primary N) is 1. The number of tetrazole rings is 1. The van der Waals surface area contributed by atoms with E-state index in [1.165, 1.54) is 25.2 Å². The van der Waals surface area contributed by atoms with E-state index in [1.54, 1.807) is 24.3 Å². The van der Waals surface area contributed by atoms with Gasteiger partial charge in [0.2, 0.25) is 0 Å². The van der Waals surface area contributed by atoms with Crippen LogP contribution >= 0.6 is 0 Å². The van der Waals surface area contributed by atoms with E-state index >= 15 is 0 Å². The van der Waals surface area contributed by atoms with Gasteiger partial charge in [-0.15, -0.1) is 4.68 Å². The highest BCUT2D eigenvalue weighted by Gasteiger charge is 2.24. The average Bonchev–Trinajstić information content (AvgIpc) is 3.23. The molecule has 12 heteroatoms. The highest BCUT2D eigenvalue weighted by atomic mass is 19.1. The normalized spacial score (nSPS) is 10.7. The minimum Gasteiger partial charge on any atom is -0.457 e. The second kappa shape index (κ2) is 9.55. The number of carbonyl (C=O) groups excluding carboxylic acids is 2. The SMILES string of the molecule is CN(C(=O)n1nnn(-c2c(F)cccc2F)c1=O)c1ccc(N)c(C(=O)OCc2ccccc2)c1. The van der Waals surface area contributed by atoms with Crippen LogP contribution in [0.15, 0.2) is 71.5 Å². The van der Waals surface area contributed by atoms with Crippen molar-refractivity contribution >= 4 is 23.4 Å². The van der Waals surface area contributed by atoms with Crippen molar-refractivity contribution in [3.63, 3.8) is 0 Å². The van der Waals surface area contributed by atoms with E-state index in [1.807, 2.05) is 6.07 Å². The van der Waals surface area contributed by atoms with E-state index in [0.717, 1.165) is 28.7 Å². The number of esters is 1. The number of hydrogen-bond acceptors (Lipinski definition) is 7. The van der Waals surface area contributed by atoms with Crippen molar-refractivity contribution in [2.24, 2.45) is 0 Å². The standard InChI is InChI=1S/C23H18F2N6O4/c1-29(22(33)31-23(34)30(27-28-31)20-17(24)8-5-9-18(20)25)15-10-11-19(26)16(12-15)21(32)35-13-14-6-3-2-4-7-14/h2-12H,13,26H2,1H3. The molecule has 2 N–H and O–H groups in total. The van der Waals surface area contributed by atoms with Crippen LogP contribution in [0, 0.1) is 11.6 Å². The van der Waals surface area contributed by atoms with Gasteiger partial charge in [0, 0.05) is 18.4 Å². The summed E-state index contributed by atoms with van der Waals surface area (Å²) in [6, 6.07) is 15.2. The number of halogens is 2. The highest BCUT2D eigenvalue weighted by Crippen LogP contribution is 2.22. The molecular formula is C23H18F2N6O4. The maximum atomic E-state index is 14.1. The van der Waals surface area contributed by atoms with Crippen LogP contribution in [-0.2, 0) is 11.3 Å². The fraction of sp³-hybridized carbons (Fsp3) is 0.0870. The lowest BCUT2D eigenvalue weighted by Gasteiger charge is -2.17. The zero-order valence-electron chi connectivity index (χ0n) is 18.3. The smallest absolute Gasteiger partial charge is 0.377 e. The molecule has 0 aliphatic rings. The first-order chi connectivity index (χ1) is 16.8. The minimum atomic E-state index is -1.19. The Morgan fingerprint density at radius 1 is 1.00 bits per heavy atom. The average molecular weight is 480 g/mol. The zero-order valence-corrected chi connectivity index (χ0v) is 18.3. The van der Waals surface area contributed by atoms with E-state index in [-0.39, 0.29) is 23.5 Å². The third kappa shape index (κ3) is 4.62. The second-order valence-corrected chi connectivity index (χ2v) is 7.33. The van der Waals surface area contributed by atoms with Crippen molar-refractivity contribution in [2.75, 3.05) is 17.7 Å². The van der Waals surface area contributed by atoms with Crippen molar-refractivity contribution in [1.29, 1.82) is 0 Å². The molecule has 0 saturated carbocycles. The van der Waals surface area contributed by atoms with Crippen LogP contribution < -0.4 is 16.3 Å². The Bertz CT molecular complexity index is 1450. The Labute approximate surface area is 196 Å². The highest BCUT2D eigenvalue weighted by molar-refractivity contribution is 5.99. The Balaban J connectivity index is 1.58. The van der Waals surface area contributed by atoms with Crippen LogP contribution in [0.4, 0.5) is 25.0 Å². The van der Waals surface area contributed by atoms with Crippen LogP contribution in [0.2, 0.25) is 0 Å². The molecule has 0 atom stereocenters. The summed E-state index contributed by atoms with van der Waals surface area (Å²) in [5.74, 6) is -2.83. The van der Waals surface area contributed by atoms with Gasteiger partial charge in [0.05, 0.1) is 5.56 Å². The minimum absolute atomic E-state index is 0.00232. The number of carbonyl (C=O) groups is 2. The molecule has 0 aliphatic heterocycles. The van der Waals surface area contributed by atoms with Crippen LogP contribution in [0.5, 0.6) is 0 Å². The van der Waals surface area contributed by atoms with E-state index in [4.69, 9.17) is 10.5 Å². The molecule has 0 radical (unpaired) electrons. The van der Waals surface area contributed by atoms with E-state index in [9.17, 15) is 23.2 Å². The van der Waals surface area contributed by atoms with E-state index < -0.39 is 35.0 Å². The van der Waals surface area contributed by atoms with Crippen molar-refractivity contribution in [2.45, 2.75) is 6.61 Å². The van der Waals surface area contributed by atoms with Gasteiger partial charge in [-0.3, -0.25) is 4.90 Å². The number of amides is 1. The topological polar surface area (TPSA) is 125 Å². The summed E-state index contributed by atoms with van der Waals surface area (Å²) in [7, 11) is 1.31. The molecule has 1 amide bonds. The van der Waals surface area contributed by atoms with Gasteiger partial charge in [-0.25, -0.2) is 23.2 Å². The summed E-state index contributed by atoms with van der Waals surface area (Å²) in [6.45, 7) is 0.0171. The van der Waals surface area contributed by atoms with Crippen molar-refractivity contribution in [1.82, 2.24) is 19.8 Å². The molecule has 4 rings (SSSR count). The quantitative estimate of drug-likeness (QED) is 0.264. The lowest BCUT2D eigenvalue weighted by molar-refractivity contribution is 0.0474. The molecule has 4 aromatic rings. The first-order valence-electron chi connectivity index (χ1n) is 10.2. The van der Waals surface area contributed by atoms with Gasteiger partial charge in [-0.1, -0.05) is 36.4 Å². The molecule has 178 valence electrons. The van der Waals surface area contributed by atoms with Crippen LogP contribution in [0.25, 0.3) is 5.69 Å². The lowest BCUT2D eigenvalue weighted by atomic mass is 10.1. The first kappa shape index (κ1) is 23.3. The molecule has 1 heterocycles. The number of nitrogens with zero attached hydrogens (tertiary/aromatic N) is 5. The molecule has 0 saturated heterocycles. The Hall–Kier alpha value is -4.87. The molecule has 0 bridgehead atoms. The van der Waals surface area contributed by atoms with Gasteiger partial charge in [0.25, 0.3) is 0 Å². The number of rotatable bonds is 5. The summed E-state index contributed by atoms with van der Waals surface area (Å²) in [6.07, 6.45) is 0. The number of ether oxygens (including phenoxy) is 1. The number of nitrogen functional groups attached to an aromatic ring is 1. The molecule has 0 aliphatic carbocycles. The van der Waals surface area contributed by atoms with Gasteiger partial charge in [-0.2, -0.15) is 4.68 Å². The largest absolute Gasteiger partial charge is 0.457 e. The van der Waals surface area contributed by atoms with Crippen LogP contribution in [-0.4, -0.2) is 38.8 Å². The molecule has 1 aromatic heterocycles. The fourth-order valence-corrected chi connectivity index (χ4v) is 3.18. The lowest BCUT2D eigenvalue weighted by Crippen LogP contribution is -2.39. The second-order valence-electron chi connectivity index (χ2n) is 7.33. The molecule has 0 spiro atoms. The first-order valence-corrected chi connectivity index (χ1v) is 10.2. The third-order valence-corrected chi connectivity index (χ3v) is 5.06. The van der Waals surface area contributed by atoms with Crippen molar-refractivity contribution < 1.29 is 23.1 Å². The predicted molar refractivity (Wildman–Crippen MR) is 121 cm³/mol. The van der Waals surface area contributed by atoms with Crippen molar-refractivity contribution in [3.05, 3.63) is 100.0 Å². The summed E-state index contributed by atoms with van der Waals surface area (Å²) < 4.78 is 34.1. The third-order valence-electron chi connectivity index (χ3n) is 5.06. The van der Waals surface area contributed by atoms with Gasteiger partial charge < -0.3 is 10.5 Å². The molecule has 3 aromatic carbocycles. The molecule has 0 fully saturated rings. The van der Waals surface area contributed by atoms with Crippen molar-refractivity contribution in [3.8, 4) is 5.69 Å². The van der Waals surface area contributed by atoms with Gasteiger partial charge in [0.1, 0.15) is 12.3 Å². The van der Waals surface area contributed by atoms with E-state index in [0.29, 0.717) is 9.36 Å². The zero-order chi connectivity index (χ0) is 25.1. The fourth-order valence-electron chi connectivity index (χ4n) is 3.18. The number of benzene rings is 3. The summed E-state index contributed by atoms with van der Waals surface area (Å²) >= 11 is 0. The maximum Gasteiger partial charge on any atom is 0.377 e. The number of anilines is 2. The Morgan fingerprint density at radius 3 is 2.37 bits per heavy atom. The van der Waals surface area contributed by atoms with Crippen LogP contribution in [0.3, 0.4) is 0 Å². The summed E-state index contributed by atoms with van der Waals surface area (Å²) in [5.41, 5.74) is 5.02. The van der Waals surface area contributed by atoms with Gasteiger partial charge in [-0.05, 0) is 46.3 Å². The predicted octanol–water partition coefficient (Wildman–Crippen LogP) is 2.75. The van der Waals surface area contributed by atoms with Gasteiger partial charge in [0.15, 0.2) is 11.6 Å². The van der Waals surface area contributed by atoms with Gasteiger partial charge >= 0.3 is 17.7 Å². The molecular weight excluding hydrogens is 462 g/mol. The summed E-state index contributed by atoms with van der Waals surface area (Å²) in [4.78, 5) is 39.1. The molecule has 35 heavy (non-hydrogen) atoms. The Morgan fingerprint density at radius 2 is 1.69 bits per heavy atom. The number of para-hydroxylation sites is 1. The monoisotopic (exact) mass is 480 g/mol. The van der Waals surface area contributed by atoms with Crippen LogP contribution in [0.1, 0.15) is 15.9 Å².